The minimum atomic E-state index is -0.842. The van der Waals surface area contributed by atoms with Gasteiger partial charge in [-0.15, -0.1) is 0 Å². The number of pyridine rings is 1. The van der Waals surface area contributed by atoms with Crippen LogP contribution in [-0.2, 0) is 11.2 Å². The molecule has 4 heteroatoms. The molecule has 0 unspecified atom stereocenters. The van der Waals surface area contributed by atoms with Crippen LogP contribution in [0, 0.1) is 0 Å². The first-order valence-corrected chi connectivity index (χ1v) is 5.51. The van der Waals surface area contributed by atoms with Crippen molar-refractivity contribution in [3.63, 3.8) is 0 Å². The molecule has 18 heavy (non-hydrogen) atoms. The maximum Gasteiger partial charge on any atom is 0.307 e. The van der Waals surface area contributed by atoms with Crippen LogP contribution in [0.2, 0.25) is 0 Å². The molecule has 1 aromatic heterocycles. The van der Waals surface area contributed by atoms with Gasteiger partial charge in [-0.3, -0.25) is 4.79 Å². The number of hydrogen-bond acceptors (Lipinski definition) is 3. The fraction of sp³-hybridized carbons (Fsp3) is 0.143. The summed E-state index contributed by atoms with van der Waals surface area (Å²) in [6.45, 7) is 0. The predicted octanol–water partition coefficient (Wildman–Crippen LogP) is 2.38. The van der Waals surface area contributed by atoms with E-state index >= 15 is 0 Å². The zero-order chi connectivity index (χ0) is 13.0. The van der Waals surface area contributed by atoms with Crippen molar-refractivity contribution in [1.82, 2.24) is 4.98 Å². The van der Waals surface area contributed by atoms with E-state index in [9.17, 15) is 4.79 Å². The number of rotatable bonds is 4. The van der Waals surface area contributed by atoms with E-state index in [1.165, 1.54) is 0 Å². The Morgan fingerprint density at radius 1 is 1.28 bits per heavy atom. The van der Waals surface area contributed by atoms with Crippen LogP contribution in [0.15, 0.2) is 42.5 Å². The fourth-order valence-electron chi connectivity index (χ4n) is 1.70. The number of ether oxygens (including phenoxy) is 1. The van der Waals surface area contributed by atoms with Crippen molar-refractivity contribution < 1.29 is 14.6 Å². The van der Waals surface area contributed by atoms with E-state index < -0.39 is 5.97 Å². The summed E-state index contributed by atoms with van der Waals surface area (Å²) < 4.78 is 5.07. The number of hydrogen-bond donors (Lipinski definition) is 1. The molecule has 0 saturated carbocycles. The van der Waals surface area contributed by atoms with Crippen molar-refractivity contribution in [2.45, 2.75) is 6.42 Å². The van der Waals surface area contributed by atoms with Gasteiger partial charge in [0.25, 0.3) is 0 Å². The SMILES string of the molecule is COc1cccc(-c2cccc(CC(=O)O)c2)n1. The highest BCUT2D eigenvalue weighted by Gasteiger charge is 2.04. The lowest BCUT2D eigenvalue weighted by Gasteiger charge is -2.05. The topological polar surface area (TPSA) is 59.4 Å². The predicted molar refractivity (Wildman–Crippen MR) is 67.6 cm³/mol. The first kappa shape index (κ1) is 12.1. The Labute approximate surface area is 105 Å². The number of carbonyl (C=O) groups is 1. The lowest BCUT2D eigenvalue weighted by molar-refractivity contribution is -0.136. The van der Waals surface area contributed by atoms with Crippen molar-refractivity contribution >= 4 is 5.97 Å². The number of methoxy groups -OCH3 is 1. The van der Waals surface area contributed by atoms with Crippen molar-refractivity contribution in [3.05, 3.63) is 48.0 Å². The van der Waals surface area contributed by atoms with Crippen LogP contribution in [0.3, 0.4) is 0 Å². The van der Waals surface area contributed by atoms with E-state index in [4.69, 9.17) is 9.84 Å². The Morgan fingerprint density at radius 2 is 2.06 bits per heavy atom. The molecule has 0 aliphatic heterocycles. The molecule has 1 heterocycles. The smallest absolute Gasteiger partial charge is 0.307 e. The molecule has 0 radical (unpaired) electrons. The Bertz CT molecular complexity index is 566. The van der Waals surface area contributed by atoms with E-state index in [0.29, 0.717) is 5.88 Å². The molecule has 0 atom stereocenters. The van der Waals surface area contributed by atoms with Crippen LogP contribution in [0.25, 0.3) is 11.3 Å². The standard InChI is InChI=1S/C14H13NO3/c1-18-13-7-3-6-12(15-13)11-5-2-4-10(8-11)9-14(16)17/h2-8H,9H2,1H3,(H,16,17). The second kappa shape index (κ2) is 5.31. The van der Waals surface area contributed by atoms with E-state index in [1.807, 2.05) is 30.3 Å². The number of nitrogens with zero attached hydrogens (tertiary/aromatic N) is 1. The van der Waals surface area contributed by atoms with Gasteiger partial charge in [-0.1, -0.05) is 24.3 Å². The zero-order valence-corrected chi connectivity index (χ0v) is 9.96. The number of benzene rings is 1. The Hall–Kier alpha value is -2.36. The second-order valence-electron chi connectivity index (χ2n) is 3.84. The Morgan fingerprint density at radius 3 is 2.78 bits per heavy atom. The van der Waals surface area contributed by atoms with Gasteiger partial charge in [-0.25, -0.2) is 4.98 Å². The molecule has 4 nitrogen and oxygen atoms in total. The molecule has 0 saturated heterocycles. The van der Waals surface area contributed by atoms with Crippen molar-refractivity contribution in [1.29, 1.82) is 0 Å². The molecule has 0 fully saturated rings. The van der Waals surface area contributed by atoms with Gasteiger partial charge in [0.2, 0.25) is 5.88 Å². The molecule has 0 aliphatic rings. The van der Waals surface area contributed by atoms with Crippen molar-refractivity contribution in [2.24, 2.45) is 0 Å². The summed E-state index contributed by atoms with van der Waals surface area (Å²) in [5.41, 5.74) is 2.40. The lowest BCUT2D eigenvalue weighted by atomic mass is 10.1. The monoisotopic (exact) mass is 243 g/mol. The molecule has 0 aliphatic carbocycles. The number of carboxylic acids is 1. The summed E-state index contributed by atoms with van der Waals surface area (Å²) in [6.07, 6.45) is 0.0117. The third kappa shape index (κ3) is 2.85. The molecule has 1 aromatic carbocycles. The van der Waals surface area contributed by atoms with Crippen LogP contribution < -0.4 is 4.74 Å². The fourth-order valence-corrected chi connectivity index (χ4v) is 1.70. The van der Waals surface area contributed by atoms with E-state index in [2.05, 4.69) is 4.98 Å². The molecule has 1 N–H and O–H groups in total. The molecular weight excluding hydrogens is 230 g/mol. The molecule has 0 spiro atoms. The summed E-state index contributed by atoms with van der Waals surface area (Å²) in [4.78, 5) is 15.0. The summed E-state index contributed by atoms with van der Waals surface area (Å²) in [7, 11) is 1.56. The van der Waals surface area contributed by atoms with Crippen LogP contribution in [0.4, 0.5) is 0 Å². The highest BCUT2D eigenvalue weighted by atomic mass is 16.5. The molecule has 2 rings (SSSR count). The second-order valence-corrected chi connectivity index (χ2v) is 3.84. The lowest BCUT2D eigenvalue weighted by Crippen LogP contribution is -2.00. The first-order valence-electron chi connectivity index (χ1n) is 5.51. The molecule has 0 bridgehead atoms. The Balaban J connectivity index is 2.34. The highest BCUT2D eigenvalue weighted by molar-refractivity contribution is 5.71. The summed E-state index contributed by atoms with van der Waals surface area (Å²) in [5, 5.41) is 8.77. The molecule has 92 valence electrons. The molecular formula is C14H13NO3. The maximum atomic E-state index is 10.7. The number of aliphatic carboxylic acids is 1. The van der Waals surface area contributed by atoms with Gasteiger partial charge in [0.05, 0.1) is 19.2 Å². The Kier molecular flexibility index (Phi) is 3.57. The average molecular weight is 243 g/mol. The normalized spacial score (nSPS) is 10.1. The molecule has 0 amide bonds. The average Bonchev–Trinajstić information content (AvgIpc) is 2.38. The minimum absolute atomic E-state index is 0.0117. The first-order chi connectivity index (χ1) is 8.69. The van der Waals surface area contributed by atoms with Crippen LogP contribution in [0.1, 0.15) is 5.56 Å². The van der Waals surface area contributed by atoms with Gasteiger partial charge < -0.3 is 9.84 Å². The van der Waals surface area contributed by atoms with Crippen molar-refractivity contribution in [2.75, 3.05) is 7.11 Å². The van der Waals surface area contributed by atoms with Gasteiger partial charge in [0.1, 0.15) is 0 Å². The van der Waals surface area contributed by atoms with Gasteiger partial charge in [0.15, 0.2) is 0 Å². The van der Waals surface area contributed by atoms with Crippen molar-refractivity contribution in [3.8, 4) is 17.1 Å². The van der Waals surface area contributed by atoms with Gasteiger partial charge in [0, 0.05) is 11.6 Å². The van der Waals surface area contributed by atoms with Gasteiger partial charge >= 0.3 is 5.97 Å². The number of carboxylic acid groups (broad SMARTS) is 1. The van der Waals surface area contributed by atoms with E-state index in [-0.39, 0.29) is 6.42 Å². The largest absolute Gasteiger partial charge is 0.481 e. The minimum Gasteiger partial charge on any atom is -0.481 e. The quantitative estimate of drug-likeness (QED) is 0.895. The van der Waals surface area contributed by atoms with Crippen LogP contribution >= 0.6 is 0 Å². The van der Waals surface area contributed by atoms with Crippen LogP contribution in [-0.4, -0.2) is 23.2 Å². The summed E-state index contributed by atoms with van der Waals surface area (Å²) in [6, 6.07) is 12.8. The van der Waals surface area contributed by atoms with E-state index in [0.717, 1.165) is 16.8 Å². The summed E-state index contributed by atoms with van der Waals surface area (Å²) in [5.74, 6) is -0.304. The van der Waals surface area contributed by atoms with Crippen LogP contribution in [0.5, 0.6) is 5.88 Å². The van der Waals surface area contributed by atoms with Gasteiger partial charge in [-0.2, -0.15) is 0 Å². The van der Waals surface area contributed by atoms with E-state index in [1.54, 1.807) is 19.2 Å². The zero-order valence-electron chi connectivity index (χ0n) is 9.96. The highest BCUT2D eigenvalue weighted by Crippen LogP contribution is 2.20. The van der Waals surface area contributed by atoms with Gasteiger partial charge in [-0.05, 0) is 17.7 Å². The third-order valence-corrected chi connectivity index (χ3v) is 2.51. The maximum absolute atomic E-state index is 10.7. The molecule has 2 aromatic rings. The number of aromatic nitrogens is 1. The summed E-state index contributed by atoms with van der Waals surface area (Å²) >= 11 is 0. The third-order valence-electron chi connectivity index (χ3n) is 2.51.